The molecule has 4 aromatic rings. The number of pyridine rings is 2. The first kappa shape index (κ1) is 22.7. The fraction of sp³-hybridized carbons (Fsp3) is 0.160. The van der Waals surface area contributed by atoms with E-state index >= 15 is 0 Å². The number of fused-ring (bicyclic) bond motifs is 1. The number of benzene rings is 2. The van der Waals surface area contributed by atoms with Crippen molar-refractivity contribution in [3.8, 4) is 0 Å². The highest BCUT2D eigenvalue weighted by Gasteiger charge is 2.32. The Morgan fingerprint density at radius 2 is 1.89 bits per heavy atom. The molecule has 0 spiro atoms. The van der Waals surface area contributed by atoms with Gasteiger partial charge in [0.2, 0.25) is 5.56 Å². The number of likely N-dealkylation sites (tertiary alicyclic amines) is 1. The van der Waals surface area contributed by atoms with Gasteiger partial charge in [0.1, 0.15) is 5.82 Å². The molecular formula is C25H21FN4O4S. The zero-order valence-corrected chi connectivity index (χ0v) is 19.3. The van der Waals surface area contributed by atoms with E-state index in [0.29, 0.717) is 17.4 Å². The number of anilines is 1. The van der Waals surface area contributed by atoms with Gasteiger partial charge in [-0.1, -0.05) is 6.07 Å². The lowest BCUT2D eigenvalue weighted by Crippen LogP contribution is -2.32. The summed E-state index contributed by atoms with van der Waals surface area (Å²) in [5, 5.41) is 0.309. The zero-order valence-electron chi connectivity index (χ0n) is 18.4. The number of H-pyrrole nitrogens is 1. The number of aromatic nitrogens is 2. The normalized spacial score (nSPS) is 15.9. The summed E-state index contributed by atoms with van der Waals surface area (Å²) in [4.78, 5) is 34.6. The quantitative estimate of drug-likeness (QED) is 0.440. The van der Waals surface area contributed by atoms with Crippen LogP contribution in [0.3, 0.4) is 0 Å². The van der Waals surface area contributed by atoms with E-state index in [1.165, 1.54) is 36.4 Å². The molecule has 0 bridgehead atoms. The summed E-state index contributed by atoms with van der Waals surface area (Å²) in [5.41, 5.74) is 0.953. The molecule has 1 unspecified atom stereocenters. The Bertz CT molecular complexity index is 1570. The third-order valence-corrected chi connectivity index (χ3v) is 7.37. The molecule has 5 rings (SSSR count). The number of carbonyl (C=O) groups excluding carboxylic acids is 1. The minimum Gasteiger partial charge on any atom is -0.330 e. The first-order valence-electron chi connectivity index (χ1n) is 11.0. The molecule has 1 aliphatic heterocycles. The monoisotopic (exact) mass is 492 g/mol. The van der Waals surface area contributed by atoms with Gasteiger partial charge in [-0.3, -0.25) is 19.3 Å². The van der Waals surface area contributed by atoms with Crippen molar-refractivity contribution in [2.45, 2.75) is 23.8 Å². The van der Waals surface area contributed by atoms with E-state index in [-0.39, 0.29) is 28.1 Å². The van der Waals surface area contributed by atoms with E-state index < -0.39 is 21.4 Å². The lowest BCUT2D eigenvalue weighted by atomic mass is 10.1. The number of halogens is 1. The number of carbonyl (C=O) groups is 1. The Kier molecular flexibility index (Phi) is 5.81. The van der Waals surface area contributed by atoms with E-state index in [0.717, 1.165) is 30.7 Å². The highest BCUT2D eigenvalue weighted by atomic mass is 32.2. The highest BCUT2D eigenvalue weighted by Crippen LogP contribution is 2.33. The van der Waals surface area contributed by atoms with Gasteiger partial charge in [0, 0.05) is 35.4 Å². The van der Waals surface area contributed by atoms with Crippen LogP contribution in [0.1, 0.15) is 34.9 Å². The zero-order chi connectivity index (χ0) is 24.6. The number of nitrogens with one attached hydrogen (secondary N) is 2. The van der Waals surface area contributed by atoms with Crippen molar-refractivity contribution in [3.63, 3.8) is 0 Å². The molecule has 0 aliphatic carbocycles. The van der Waals surface area contributed by atoms with Crippen LogP contribution in [-0.4, -0.2) is 35.7 Å². The van der Waals surface area contributed by atoms with Gasteiger partial charge in [-0.25, -0.2) is 12.8 Å². The summed E-state index contributed by atoms with van der Waals surface area (Å²) in [6, 6.07) is 15.5. The van der Waals surface area contributed by atoms with Gasteiger partial charge in [-0.15, -0.1) is 0 Å². The summed E-state index contributed by atoms with van der Waals surface area (Å²) < 4.78 is 41.6. The minimum atomic E-state index is -4.04. The minimum absolute atomic E-state index is 0.0990. The van der Waals surface area contributed by atoms with Gasteiger partial charge in [0.25, 0.3) is 15.9 Å². The molecule has 8 nitrogen and oxygen atoms in total. The number of rotatable bonds is 5. The maximum atomic E-state index is 13.6. The van der Waals surface area contributed by atoms with Crippen LogP contribution in [0.25, 0.3) is 10.9 Å². The van der Waals surface area contributed by atoms with Crippen molar-refractivity contribution in [2.24, 2.45) is 0 Å². The average Bonchev–Trinajstić information content (AvgIpc) is 3.34. The molecule has 2 aromatic heterocycles. The second-order valence-corrected chi connectivity index (χ2v) is 9.96. The van der Waals surface area contributed by atoms with Crippen LogP contribution in [0.2, 0.25) is 0 Å². The topological polar surface area (TPSA) is 112 Å². The molecule has 2 N–H and O–H groups in total. The number of nitrogens with zero attached hydrogens (tertiary/aromatic N) is 2. The fourth-order valence-corrected chi connectivity index (χ4v) is 5.44. The molecular weight excluding hydrogens is 471 g/mol. The van der Waals surface area contributed by atoms with Crippen LogP contribution in [0.5, 0.6) is 0 Å². The first-order valence-corrected chi connectivity index (χ1v) is 12.5. The molecule has 1 saturated heterocycles. The molecule has 2 aromatic carbocycles. The molecule has 178 valence electrons. The molecule has 3 heterocycles. The van der Waals surface area contributed by atoms with Gasteiger partial charge < -0.3 is 9.88 Å². The van der Waals surface area contributed by atoms with Crippen LogP contribution in [0.15, 0.2) is 82.6 Å². The third kappa shape index (κ3) is 4.52. The van der Waals surface area contributed by atoms with Gasteiger partial charge in [-0.2, -0.15) is 0 Å². The number of hydrogen-bond donors (Lipinski definition) is 2. The number of hydrogen-bond acceptors (Lipinski definition) is 5. The van der Waals surface area contributed by atoms with Crippen LogP contribution in [-0.2, 0) is 10.0 Å². The maximum Gasteiger partial charge on any atom is 0.261 e. The molecule has 0 saturated carbocycles. The highest BCUT2D eigenvalue weighted by molar-refractivity contribution is 7.92. The summed E-state index contributed by atoms with van der Waals surface area (Å²) in [7, 11) is -4.04. The predicted octanol–water partition coefficient (Wildman–Crippen LogP) is 3.84. The molecule has 35 heavy (non-hydrogen) atoms. The van der Waals surface area contributed by atoms with Crippen LogP contribution in [0.4, 0.5) is 10.1 Å². The number of sulfonamides is 1. The Labute approximate surface area is 200 Å². The van der Waals surface area contributed by atoms with Gasteiger partial charge >= 0.3 is 0 Å². The Morgan fingerprint density at radius 3 is 2.63 bits per heavy atom. The Balaban J connectivity index is 1.54. The Hall–Kier alpha value is -4.05. The van der Waals surface area contributed by atoms with Crippen LogP contribution >= 0.6 is 0 Å². The first-order chi connectivity index (χ1) is 16.8. The van der Waals surface area contributed by atoms with Crippen molar-refractivity contribution < 1.29 is 17.6 Å². The van der Waals surface area contributed by atoms with Crippen molar-refractivity contribution in [1.29, 1.82) is 0 Å². The molecule has 1 amide bonds. The largest absolute Gasteiger partial charge is 0.330 e. The molecule has 1 fully saturated rings. The van der Waals surface area contributed by atoms with Crippen LogP contribution in [0, 0.1) is 5.82 Å². The summed E-state index contributed by atoms with van der Waals surface area (Å²) >= 11 is 0. The third-order valence-electron chi connectivity index (χ3n) is 5.99. The van der Waals surface area contributed by atoms with E-state index in [1.807, 2.05) is 12.1 Å². The van der Waals surface area contributed by atoms with E-state index in [9.17, 15) is 22.4 Å². The van der Waals surface area contributed by atoms with Crippen molar-refractivity contribution in [2.75, 3.05) is 11.3 Å². The second-order valence-electron chi connectivity index (χ2n) is 8.28. The van der Waals surface area contributed by atoms with Crippen LogP contribution < -0.4 is 10.3 Å². The predicted molar refractivity (Wildman–Crippen MR) is 129 cm³/mol. The van der Waals surface area contributed by atoms with Gasteiger partial charge in [0.05, 0.1) is 22.2 Å². The Morgan fingerprint density at radius 1 is 1.09 bits per heavy atom. The smallest absolute Gasteiger partial charge is 0.261 e. The molecule has 0 radical (unpaired) electrons. The summed E-state index contributed by atoms with van der Waals surface area (Å²) in [5.74, 6) is -0.855. The molecule has 1 atom stereocenters. The van der Waals surface area contributed by atoms with Crippen molar-refractivity contribution in [3.05, 3.63) is 100 Å². The standard InChI is InChI=1S/C25H21FN4O4S/c26-16-6-8-17(9-7-16)29-35(33,34)18-10-11-21-19(14-18)20(15-24(31)28-21)25(32)30-13-3-5-23(30)22-4-1-2-12-27-22/h1-2,4,6-12,14-15,23,29H,3,5,13H2,(H,28,31). The summed E-state index contributed by atoms with van der Waals surface area (Å²) in [6.45, 7) is 0.498. The SMILES string of the molecule is O=C(c1cc(=O)[nH]c2ccc(S(=O)(=O)Nc3ccc(F)cc3)cc12)N1CCCC1c1ccccn1. The van der Waals surface area contributed by atoms with Gasteiger partial charge in [0.15, 0.2) is 0 Å². The van der Waals surface area contributed by atoms with Crippen molar-refractivity contribution >= 4 is 32.5 Å². The lowest BCUT2D eigenvalue weighted by molar-refractivity contribution is 0.0734. The van der Waals surface area contributed by atoms with E-state index in [2.05, 4.69) is 14.7 Å². The second kappa shape index (κ2) is 8.95. The van der Waals surface area contributed by atoms with Crippen molar-refractivity contribution in [1.82, 2.24) is 14.9 Å². The number of amides is 1. The average molecular weight is 493 g/mol. The fourth-order valence-electron chi connectivity index (χ4n) is 4.35. The van der Waals surface area contributed by atoms with E-state index in [1.54, 1.807) is 17.2 Å². The molecule has 10 heteroatoms. The number of aromatic amines is 1. The van der Waals surface area contributed by atoms with E-state index in [4.69, 9.17) is 0 Å². The van der Waals surface area contributed by atoms with Gasteiger partial charge in [-0.05, 0) is 67.4 Å². The lowest BCUT2D eigenvalue weighted by Gasteiger charge is -2.25. The molecule has 1 aliphatic rings. The summed E-state index contributed by atoms with van der Waals surface area (Å²) in [6.07, 6.45) is 3.20. The maximum absolute atomic E-state index is 13.6.